The van der Waals surface area contributed by atoms with E-state index >= 15 is 0 Å². The zero-order valence-corrected chi connectivity index (χ0v) is 12.7. The van der Waals surface area contributed by atoms with E-state index in [2.05, 4.69) is 10.6 Å². The van der Waals surface area contributed by atoms with Crippen LogP contribution in [0.2, 0.25) is 0 Å². The average Bonchev–Trinajstić information content (AvgIpc) is 2.45. The molecule has 21 heavy (non-hydrogen) atoms. The summed E-state index contributed by atoms with van der Waals surface area (Å²) in [4.78, 5) is 23.3. The lowest BCUT2D eigenvalue weighted by molar-refractivity contribution is 0.414. The molecule has 2 aromatic rings. The summed E-state index contributed by atoms with van der Waals surface area (Å²) in [5.74, 6) is 0.781. The van der Waals surface area contributed by atoms with Crippen LogP contribution in [0, 0.1) is 0 Å². The summed E-state index contributed by atoms with van der Waals surface area (Å²) in [7, 11) is 1.61. The number of hydrogen-bond donors (Lipinski definition) is 2. The summed E-state index contributed by atoms with van der Waals surface area (Å²) in [5.41, 5.74) is 0.563. The van der Waals surface area contributed by atoms with Gasteiger partial charge in [-0.2, -0.15) is 0 Å². The number of ether oxygens (including phenoxy) is 1. The normalized spacial score (nSPS) is 11.4. The van der Waals surface area contributed by atoms with Crippen molar-refractivity contribution in [1.29, 1.82) is 0 Å². The van der Waals surface area contributed by atoms with Crippen LogP contribution in [0.3, 0.4) is 0 Å². The molecule has 0 atom stereocenters. The van der Waals surface area contributed by atoms with Gasteiger partial charge in [-0.3, -0.25) is 9.59 Å². The number of methoxy groups -OCH3 is 1. The predicted molar refractivity (Wildman–Crippen MR) is 85.1 cm³/mol. The summed E-state index contributed by atoms with van der Waals surface area (Å²) in [5, 5.41) is 6.10. The molecule has 0 amide bonds. The van der Waals surface area contributed by atoms with Crippen LogP contribution < -0.4 is 26.2 Å². The van der Waals surface area contributed by atoms with Gasteiger partial charge in [0.2, 0.25) is 0 Å². The lowest BCUT2D eigenvalue weighted by Gasteiger charge is -2.24. The summed E-state index contributed by atoms with van der Waals surface area (Å²) in [6.45, 7) is 6.30. The first kappa shape index (κ1) is 15.1. The quantitative estimate of drug-likeness (QED) is 0.825. The number of benzene rings is 1. The molecule has 0 fully saturated rings. The van der Waals surface area contributed by atoms with Gasteiger partial charge in [0.15, 0.2) is 0 Å². The summed E-state index contributed by atoms with van der Waals surface area (Å²) < 4.78 is 5.09. The van der Waals surface area contributed by atoms with Crippen LogP contribution in [0.4, 0.5) is 11.4 Å². The van der Waals surface area contributed by atoms with E-state index in [9.17, 15) is 9.59 Å². The molecule has 0 aliphatic carbocycles. The van der Waals surface area contributed by atoms with Crippen LogP contribution in [0.25, 0.3) is 0 Å². The molecule has 2 aromatic carbocycles. The standard InChI is InChI=1S/C16H20N2O3/c1-16(2,3)18-13-12(14(19)15(13)20)17-9-10-5-7-11(21-4)8-6-10/h5-8,17-18H,9H2,1-4H3. The second-order valence-electron chi connectivity index (χ2n) is 5.98. The van der Waals surface area contributed by atoms with Gasteiger partial charge in [0, 0.05) is 12.1 Å². The van der Waals surface area contributed by atoms with Gasteiger partial charge < -0.3 is 15.4 Å². The van der Waals surface area contributed by atoms with Crippen molar-refractivity contribution in [2.45, 2.75) is 32.9 Å². The van der Waals surface area contributed by atoms with Crippen molar-refractivity contribution in [3.05, 3.63) is 50.3 Å². The molecule has 0 spiro atoms. The van der Waals surface area contributed by atoms with Crippen molar-refractivity contribution >= 4 is 11.4 Å². The van der Waals surface area contributed by atoms with Gasteiger partial charge in [-0.1, -0.05) is 12.1 Å². The Morgan fingerprint density at radius 2 is 1.57 bits per heavy atom. The molecule has 0 saturated carbocycles. The topological polar surface area (TPSA) is 67.4 Å². The molecule has 0 unspecified atom stereocenters. The van der Waals surface area contributed by atoms with Crippen molar-refractivity contribution < 1.29 is 4.74 Å². The highest BCUT2D eigenvalue weighted by atomic mass is 16.5. The van der Waals surface area contributed by atoms with Crippen molar-refractivity contribution in [2.75, 3.05) is 17.7 Å². The summed E-state index contributed by atoms with van der Waals surface area (Å²) >= 11 is 0. The Morgan fingerprint density at radius 1 is 1.00 bits per heavy atom. The third kappa shape index (κ3) is 3.42. The minimum atomic E-state index is -0.463. The lowest BCUT2D eigenvalue weighted by Crippen LogP contribution is -2.41. The Balaban J connectivity index is 2.08. The Kier molecular flexibility index (Phi) is 4.02. The Morgan fingerprint density at radius 3 is 2.10 bits per heavy atom. The molecular formula is C16H20N2O3. The monoisotopic (exact) mass is 288 g/mol. The molecule has 2 N–H and O–H groups in total. The largest absolute Gasteiger partial charge is 0.497 e. The van der Waals surface area contributed by atoms with Gasteiger partial charge >= 0.3 is 0 Å². The highest BCUT2D eigenvalue weighted by Crippen LogP contribution is 2.20. The van der Waals surface area contributed by atoms with Crippen LogP contribution in [-0.4, -0.2) is 12.6 Å². The molecule has 2 rings (SSSR count). The van der Waals surface area contributed by atoms with Crippen LogP contribution in [-0.2, 0) is 6.54 Å². The van der Waals surface area contributed by atoms with Gasteiger partial charge in [0.05, 0.1) is 7.11 Å². The molecule has 112 valence electrons. The van der Waals surface area contributed by atoms with Crippen molar-refractivity contribution in [2.24, 2.45) is 0 Å². The van der Waals surface area contributed by atoms with Crippen molar-refractivity contribution in [1.82, 2.24) is 0 Å². The third-order valence-corrected chi connectivity index (χ3v) is 3.04. The minimum absolute atomic E-state index is 0.265. The first-order valence-corrected chi connectivity index (χ1v) is 6.80. The zero-order chi connectivity index (χ0) is 15.6. The first-order valence-electron chi connectivity index (χ1n) is 6.80. The van der Waals surface area contributed by atoms with Gasteiger partial charge in [-0.25, -0.2) is 0 Å². The molecule has 5 heteroatoms. The van der Waals surface area contributed by atoms with E-state index in [4.69, 9.17) is 4.74 Å². The zero-order valence-electron chi connectivity index (χ0n) is 12.7. The molecular weight excluding hydrogens is 268 g/mol. The number of hydrogen-bond acceptors (Lipinski definition) is 5. The smallest absolute Gasteiger partial charge is 0.253 e. The van der Waals surface area contributed by atoms with Gasteiger partial charge in [0.25, 0.3) is 10.9 Å². The van der Waals surface area contributed by atoms with E-state index in [0.29, 0.717) is 17.9 Å². The molecule has 0 aromatic heterocycles. The number of nitrogens with one attached hydrogen (secondary N) is 2. The fourth-order valence-corrected chi connectivity index (χ4v) is 1.99. The van der Waals surface area contributed by atoms with Crippen molar-refractivity contribution in [3.8, 4) is 5.75 Å². The second-order valence-corrected chi connectivity index (χ2v) is 5.98. The molecule has 0 aliphatic rings. The van der Waals surface area contributed by atoms with E-state index < -0.39 is 10.9 Å². The van der Waals surface area contributed by atoms with Crippen LogP contribution in [0.5, 0.6) is 5.75 Å². The van der Waals surface area contributed by atoms with Crippen molar-refractivity contribution in [3.63, 3.8) is 0 Å². The SMILES string of the molecule is COc1ccc(CNc2c(NC(C)(C)C)c(=O)c2=O)cc1. The first-order chi connectivity index (χ1) is 9.81. The van der Waals surface area contributed by atoms with Gasteiger partial charge in [-0.15, -0.1) is 0 Å². The fourth-order valence-electron chi connectivity index (χ4n) is 1.99. The van der Waals surface area contributed by atoms with E-state index in [1.807, 2.05) is 45.0 Å². The Labute approximate surface area is 123 Å². The minimum Gasteiger partial charge on any atom is -0.497 e. The average molecular weight is 288 g/mol. The van der Waals surface area contributed by atoms with Crippen LogP contribution in [0.1, 0.15) is 26.3 Å². The maximum atomic E-state index is 11.6. The van der Waals surface area contributed by atoms with Gasteiger partial charge in [0.1, 0.15) is 17.1 Å². The van der Waals surface area contributed by atoms with E-state index in [1.165, 1.54) is 0 Å². The molecule has 0 heterocycles. The maximum Gasteiger partial charge on any atom is 0.253 e. The highest BCUT2D eigenvalue weighted by Gasteiger charge is 2.24. The Hall–Kier alpha value is -2.30. The second kappa shape index (κ2) is 5.60. The maximum absolute atomic E-state index is 11.6. The third-order valence-electron chi connectivity index (χ3n) is 3.04. The molecule has 0 radical (unpaired) electrons. The number of anilines is 2. The molecule has 5 nitrogen and oxygen atoms in total. The lowest BCUT2D eigenvalue weighted by atomic mass is 10.1. The van der Waals surface area contributed by atoms with Crippen LogP contribution in [0.15, 0.2) is 33.9 Å². The highest BCUT2D eigenvalue weighted by molar-refractivity contribution is 5.74. The molecule has 0 aliphatic heterocycles. The fraction of sp³-hybridized carbons (Fsp3) is 0.375. The van der Waals surface area contributed by atoms with Gasteiger partial charge in [-0.05, 0) is 38.5 Å². The van der Waals surface area contributed by atoms with E-state index in [1.54, 1.807) is 7.11 Å². The molecule has 0 bridgehead atoms. The summed E-state index contributed by atoms with van der Waals surface area (Å²) in [6, 6.07) is 7.53. The predicted octanol–water partition coefficient (Wildman–Crippen LogP) is 2.11. The number of rotatable bonds is 5. The van der Waals surface area contributed by atoms with E-state index in [0.717, 1.165) is 11.3 Å². The molecule has 0 saturated heterocycles. The Bertz CT molecular complexity index is 690. The van der Waals surface area contributed by atoms with E-state index in [-0.39, 0.29) is 5.54 Å². The summed E-state index contributed by atoms with van der Waals surface area (Å²) in [6.07, 6.45) is 0. The van der Waals surface area contributed by atoms with Crippen LogP contribution >= 0.6 is 0 Å².